The number of fused-ring (bicyclic) bond motifs is 1. The number of likely N-dealkylation sites (tertiary alicyclic amines) is 1. The number of amides is 1. The fourth-order valence-corrected chi connectivity index (χ4v) is 4.93. The number of rotatable bonds is 5. The average molecular weight is 488 g/mol. The maximum atomic E-state index is 11.0. The first-order chi connectivity index (χ1) is 17.3. The topological polar surface area (TPSA) is 142 Å². The number of aromatic nitrogens is 7. The number of nitrogens with two attached hydrogens (primary N) is 1. The van der Waals surface area contributed by atoms with Crippen molar-refractivity contribution in [1.82, 2.24) is 39.8 Å². The minimum Gasteiger partial charge on any atom is -0.383 e. The van der Waals surface area contributed by atoms with Crippen molar-refractivity contribution in [1.29, 1.82) is 0 Å². The monoisotopic (exact) mass is 487 g/mol. The summed E-state index contributed by atoms with van der Waals surface area (Å²) in [5.74, 6) is 2.30. The molecule has 5 heterocycles. The van der Waals surface area contributed by atoms with Gasteiger partial charge in [0.1, 0.15) is 23.5 Å². The summed E-state index contributed by atoms with van der Waals surface area (Å²) in [6, 6.07) is 0. The number of carbonyl (C=O) groups excluding carboxylic acids is 1. The number of nitrogens with zero attached hydrogens (tertiary/aromatic N) is 8. The maximum absolute atomic E-state index is 11.0. The van der Waals surface area contributed by atoms with Gasteiger partial charge in [-0.05, 0) is 57.9 Å². The second-order valence-electron chi connectivity index (χ2n) is 10.7. The summed E-state index contributed by atoms with van der Waals surface area (Å²) in [5.41, 5.74) is 9.58. The first-order valence-electron chi connectivity index (χ1n) is 12.4. The van der Waals surface area contributed by atoms with Crippen LogP contribution >= 0.6 is 0 Å². The lowest BCUT2D eigenvalue weighted by Crippen LogP contribution is -2.31. The van der Waals surface area contributed by atoms with E-state index in [1.807, 2.05) is 22.0 Å². The molecule has 0 radical (unpaired) electrons. The van der Waals surface area contributed by atoms with E-state index >= 15 is 0 Å². The largest absolute Gasteiger partial charge is 0.383 e. The minimum absolute atomic E-state index is 0.293. The molecule has 4 aromatic rings. The molecule has 36 heavy (non-hydrogen) atoms. The van der Waals surface area contributed by atoms with Gasteiger partial charge >= 0.3 is 0 Å². The van der Waals surface area contributed by atoms with Crippen molar-refractivity contribution in [3.05, 3.63) is 30.0 Å². The van der Waals surface area contributed by atoms with Gasteiger partial charge in [0.05, 0.1) is 16.5 Å². The van der Waals surface area contributed by atoms with Crippen LogP contribution < -0.4 is 5.73 Å². The van der Waals surface area contributed by atoms with Crippen molar-refractivity contribution in [2.24, 2.45) is 0 Å². The molecular weight excluding hydrogens is 458 g/mol. The van der Waals surface area contributed by atoms with Gasteiger partial charge in [0, 0.05) is 31.4 Å². The summed E-state index contributed by atoms with van der Waals surface area (Å²) in [6.45, 7) is 7.68. The summed E-state index contributed by atoms with van der Waals surface area (Å²) < 4.78 is 7.73. The second kappa shape index (κ2) is 8.35. The van der Waals surface area contributed by atoms with Gasteiger partial charge in [0.2, 0.25) is 6.41 Å². The standard InChI is InChI=1S/C25H29N9O2/c1-25(2,3)34-24-18(22(26)29-12-30-24)19(31-34)20-17(21(36-32-20)15-4-5-15)23-27-10-16(11-28-23)14-6-8-33(13-35)9-7-14/h10-15H,4-9H2,1-3H3,(H2,26,29,30). The van der Waals surface area contributed by atoms with Crippen LogP contribution in [0.1, 0.15) is 69.6 Å². The number of hydrogen-bond acceptors (Lipinski definition) is 9. The highest BCUT2D eigenvalue weighted by Gasteiger charge is 2.36. The molecule has 1 aliphatic carbocycles. The molecule has 11 nitrogen and oxygen atoms in total. The average Bonchev–Trinajstić information content (AvgIpc) is 3.49. The van der Waals surface area contributed by atoms with Crippen LogP contribution in [0.4, 0.5) is 5.82 Å². The lowest BCUT2D eigenvalue weighted by atomic mass is 9.91. The molecule has 1 aliphatic heterocycles. The summed E-state index contributed by atoms with van der Waals surface area (Å²) in [6.07, 6.45) is 10.0. The molecule has 186 valence electrons. The minimum atomic E-state index is -0.335. The van der Waals surface area contributed by atoms with E-state index in [4.69, 9.17) is 25.3 Å². The van der Waals surface area contributed by atoms with E-state index in [0.29, 0.717) is 45.9 Å². The van der Waals surface area contributed by atoms with E-state index in [0.717, 1.165) is 62.1 Å². The summed E-state index contributed by atoms with van der Waals surface area (Å²) in [7, 11) is 0. The Morgan fingerprint density at radius 2 is 1.72 bits per heavy atom. The molecule has 0 unspecified atom stereocenters. The van der Waals surface area contributed by atoms with E-state index in [1.165, 1.54) is 6.33 Å². The number of piperidine rings is 1. The Hall–Kier alpha value is -3.89. The fraction of sp³-hybridized carbons (Fsp3) is 0.480. The van der Waals surface area contributed by atoms with Crippen molar-refractivity contribution in [2.45, 2.75) is 63.8 Å². The van der Waals surface area contributed by atoms with E-state index in [2.05, 4.69) is 35.9 Å². The van der Waals surface area contributed by atoms with Gasteiger partial charge in [0.15, 0.2) is 17.2 Å². The zero-order valence-corrected chi connectivity index (χ0v) is 20.7. The molecule has 1 saturated carbocycles. The Morgan fingerprint density at radius 1 is 1.00 bits per heavy atom. The Kier molecular flexibility index (Phi) is 5.24. The predicted molar refractivity (Wildman–Crippen MR) is 133 cm³/mol. The maximum Gasteiger partial charge on any atom is 0.209 e. The smallest absolute Gasteiger partial charge is 0.209 e. The summed E-state index contributed by atoms with van der Waals surface area (Å²) >= 11 is 0. The van der Waals surface area contributed by atoms with Crippen LogP contribution in [0, 0.1) is 0 Å². The molecule has 0 bridgehead atoms. The van der Waals surface area contributed by atoms with Crippen molar-refractivity contribution < 1.29 is 9.32 Å². The third-order valence-electron chi connectivity index (χ3n) is 7.07. The highest BCUT2D eigenvalue weighted by molar-refractivity contribution is 6.00. The Labute approximate surface area is 208 Å². The molecule has 0 spiro atoms. The SMILES string of the molecule is CC(C)(C)n1nc(-c2noc(C3CC3)c2-c2ncc(C3CCN(C=O)CC3)cn2)c2c(N)ncnc21. The normalized spacial score (nSPS) is 17.1. The van der Waals surface area contributed by atoms with Crippen molar-refractivity contribution in [3.63, 3.8) is 0 Å². The van der Waals surface area contributed by atoms with Gasteiger partial charge < -0.3 is 15.2 Å². The van der Waals surface area contributed by atoms with Gasteiger partial charge in [-0.2, -0.15) is 5.10 Å². The second-order valence-corrected chi connectivity index (χ2v) is 10.7. The highest BCUT2D eigenvalue weighted by Crippen LogP contribution is 2.48. The van der Waals surface area contributed by atoms with Crippen LogP contribution in [0.3, 0.4) is 0 Å². The highest BCUT2D eigenvalue weighted by atomic mass is 16.5. The van der Waals surface area contributed by atoms with Crippen molar-refractivity contribution in [2.75, 3.05) is 18.8 Å². The van der Waals surface area contributed by atoms with Crippen LogP contribution in [0.25, 0.3) is 33.8 Å². The van der Waals surface area contributed by atoms with Gasteiger partial charge in [-0.3, -0.25) is 4.79 Å². The molecule has 2 fully saturated rings. The quantitative estimate of drug-likeness (QED) is 0.419. The molecule has 11 heteroatoms. The van der Waals surface area contributed by atoms with E-state index < -0.39 is 0 Å². The molecule has 0 aromatic carbocycles. The van der Waals surface area contributed by atoms with Crippen LogP contribution in [-0.2, 0) is 10.3 Å². The molecule has 2 aliphatic rings. The lowest BCUT2D eigenvalue weighted by Gasteiger charge is -2.29. The van der Waals surface area contributed by atoms with E-state index in [9.17, 15) is 4.79 Å². The summed E-state index contributed by atoms with van der Waals surface area (Å²) in [5, 5.41) is 10.0. The van der Waals surface area contributed by atoms with E-state index in [1.54, 1.807) is 0 Å². The third kappa shape index (κ3) is 3.78. The fourth-order valence-electron chi connectivity index (χ4n) is 4.93. The van der Waals surface area contributed by atoms with Gasteiger partial charge in [-0.25, -0.2) is 24.6 Å². The Morgan fingerprint density at radius 3 is 2.36 bits per heavy atom. The van der Waals surface area contributed by atoms with Gasteiger partial charge in [-0.1, -0.05) is 5.16 Å². The third-order valence-corrected chi connectivity index (χ3v) is 7.07. The Bertz CT molecular complexity index is 1420. The lowest BCUT2D eigenvalue weighted by molar-refractivity contribution is -0.119. The molecule has 6 rings (SSSR count). The van der Waals surface area contributed by atoms with Crippen LogP contribution in [0.2, 0.25) is 0 Å². The predicted octanol–water partition coefficient (Wildman–Crippen LogP) is 3.49. The molecule has 1 amide bonds. The molecule has 2 N–H and O–H groups in total. The number of hydrogen-bond donors (Lipinski definition) is 1. The first kappa shape index (κ1) is 22.6. The van der Waals surface area contributed by atoms with Crippen LogP contribution in [0.15, 0.2) is 23.2 Å². The molecule has 1 saturated heterocycles. The number of nitrogen functional groups attached to an aromatic ring is 1. The molecule has 0 atom stereocenters. The molecule has 4 aromatic heterocycles. The zero-order valence-electron chi connectivity index (χ0n) is 20.7. The van der Waals surface area contributed by atoms with Gasteiger partial charge in [-0.15, -0.1) is 0 Å². The first-order valence-corrected chi connectivity index (χ1v) is 12.4. The molecular formula is C25H29N9O2. The van der Waals surface area contributed by atoms with Crippen LogP contribution in [0.5, 0.6) is 0 Å². The van der Waals surface area contributed by atoms with Crippen LogP contribution in [-0.4, -0.2) is 59.3 Å². The van der Waals surface area contributed by atoms with Crippen molar-refractivity contribution >= 4 is 23.3 Å². The Balaban J connectivity index is 1.45. The summed E-state index contributed by atoms with van der Waals surface area (Å²) in [4.78, 5) is 31.1. The van der Waals surface area contributed by atoms with Crippen molar-refractivity contribution in [3.8, 4) is 22.8 Å². The van der Waals surface area contributed by atoms with E-state index in [-0.39, 0.29) is 5.54 Å². The van der Waals surface area contributed by atoms with Gasteiger partial charge in [0.25, 0.3) is 0 Å². The number of anilines is 1. The zero-order chi connectivity index (χ0) is 25.0. The number of carbonyl (C=O) groups is 1.